The SMILES string of the molecule is CCc1c(/C=C2/CN(C(=O)c3ncnc(C)c3OCc3ccccc3)C(C)(C)C2)c(=O)n2nc(C3=CCOCC3)nc2n1CC(=O)O. The lowest BCUT2D eigenvalue weighted by atomic mass is 9.98. The molecule has 0 saturated carbocycles. The predicted molar refractivity (Wildman–Crippen MR) is 173 cm³/mol. The Morgan fingerprint density at radius 3 is 2.66 bits per heavy atom. The molecule has 1 saturated heterocycles. The van der Waals surface area contributed by atoms with Crippen molar-refractivity contribution in [3.63, 3.8) is 0 Å². The van der Waals surface area contributed by atoms with Gasteiger partial charge in [-0.15, -0.1) is 5.10 Å². The first-order valence-corrected chi connectivity index (χ1v) is 15.6. The second-order valence-corrected chi connectivity index (χ2v) is 12.3. The highest BCUT2D eigenvalue weighted by molar-refractivity contribution is 5.96. The molecule has 1 N–H and O–H groups in total. The summed E-state index contributed by atoms with van der Waals surface area (Å²) in [5.74, 6) is -0.508. The number of carbonyl (C=O) groups excluding carboxylic acids is 1. The third-order valence-corrected chi connectivity index (χ3v) is 8.53. The molecule has 13 heteroatoms. The minimum Gasteiger partial charge on any atom is -0.485 e. The fraction of sp³-hybridized carbons (Fsp3) is 0.382. The third-order valence-electron chi connectivity index (χ3n) is 8.53. The summed E-state index contributed by atoms with van der Waals surface area (Å²) in [7, 11) is 0. The molecule has 13 nitrogen and oxygen atoms in total. The van der Waals surface area contributed by atoms with E-state index in [2.05, 4.69) is 20.1 Å². The molecule has 2 aliphatic rings. The number of fused-ring (bicyclic) bond motifs is 1. The van der Waals surface area contributed by atoms with E-state index < -0.39 is 23.6 Å². The van der Waals surface area contributed by atoms with Gasteiger partial charge in [0.1, 0.15) is 19.5 Å². The Labute approximate surface area is 271 Å². The molecule has 0 atom stereocenters. The smallest absolute Gasteiger partial charge is 0.323 e. The van der Waals surface area contributed by atoms with Gasteiger partial charge in [-0.05, 0) is 62.8 Å². The van der Waals surface area contributed by atoms with Gasteiger partial charge in [-0.2, -0.15) is 9.50 Å². The molecule has 0 aliphatic carbocycles. The number of aryl methyl sites for hydroxylation is 1. The van der Waals surface area contributed by atoms with Crippen molar-refractivity contribution in [2.24, 2.45) is 0 Å². The lowest BCUT2D eigenvalue weighted by Gasteiger charge is -2.31. The molecule has 0 unspecified atom stereocenters. The molecule has 0 radical (unpaired) electrons. The van der Waals surface area contributed by atoms with Crippen molar-refractivity contribution in [1.82, 2.24) is 34.0 Å². The molecule has 1 aromatic carbocycles. The maximum atomic E-state index is 14.1. The average Bonchev–Trinajstić information content (AvgIpc) is 3.64. The fourth-order valence-corrected chi connectivity index (χ4v) is 6.23. The van der Waals surface area contributed by atoms with E-state index in [4.69, 9.17) is 9.47 Å². The number of hydrogen-bond donors (Lipinski definition) is 1. The van der Waals surface area contributed by atoms with Crippen molar-refractivity contribution >= 4 is 29.3 Å². The van der Waals surface area contributed by atoms with Gasteiger partial charge in [-0.1, -0.05) is 43.3 Å². The van der Waals surface area contributed by atoms with Crippen LogP contribution in [0.25, 0.3) is 17.4 Å². The molecule has 0 spiro atoms. The number of carboxylic acid groups (broad SMARTS) is 1. The predicted octanol–water partition coefficient (Wildman–Crippen LogP) is 3.73. The van der Waals surface area contributed by atoms with Gasteiger partial charge < -0.3 is 24.0 Å². The van der Waals surface area contributed by atoms with E-state index in [9.17, 15) is 19.5 Å². The Morgan fingerprint density at radius 2 is 1.96 bits per heavy atom. The van der Waals surface area contributed by atoms with Crippen LogP contribution in [-0.4, -0.2) is 76.3 Å². The van der Waals surface area contributed by atoms with Gasteiger partial charge >= 0.3 is 5.97 Å². The average molecular weight is 640 g/mol. The van der Waals surface area contributed by atoms with Gasteiger partial charge in [0, 0.05) is 17.8 Å². The molecule has 6 rings (SSSR count). The molecular weight excluding hydrogens is 602 g/mol. The first-order valence-electron chi connectivity index (χ1n) is 15.6. The number of benzene rings is 1. The van der Waals surface area contributed by atoms with Gasteiger partial charge in [0.05, 0.1) is 24.5 Å². The van der Waals surface area contributed by atoms with Crippen molar-refractivity contribution < 1.29 is 24.2 Å². The molecule has 5 heterocycles. The van der Waals surface area contributed by atoms with Crippen LogP contribution in [0.3, 0.4) is 0 Å². The number of rotatable bonds is 9. The second-order valence-electron chi connectivity index (χ2n) is 12.3. The van der Waals surface area contributed by atoms with Crippen molar-refractivity contribution in [3.8, 4) is 5.75 Å². The number of ether oxygens (including phenoxy) is 2. The highest BCUT2D eigenvalue weighted by Gasteiger charge is 2.40. The van der Waals surface area contributed by atoms with E-state index in [-0.39, 0.29) is 30.5 Å². The van der Waals surface area contributed by atoms with Crippen LogP contribution in [0.1, 0.15) is 72.4 Å². The fourth-order valence-electron chi connectivity index (χ4n) is 6.23. The van der Waals surface area contributed by atoms with Crippen molar-refractivity contribution in [2.75, 3.05) is 19.8 Å². The van der Waals surface area contributed by atoms with E-state index in [0.717, 1.165) is 16.7 Å². The zero-order chi connectivity index (χ0) is 33.3. The van der Waals surface area contributed by atoms with Crippen LogP contribution in [-0.2, 0) is 29.1 Å². The Bertz CT molecular complexity index is 1980. The number of amides is 1. The number of carboxylic acids is 1. The lowest BCUT2D eigenvalue weighted by molar-refractivity contribution is -0.137. The van der Waals surface area contributed by atoms with Crippen molar-refractivity contribution in [1.29, 1.82) is 0 Å². The highest BCUT2D eigenvalue weighted by Crippen LogP contribution is 2.36. The Kier molecular flexibility index (Phi) is 8.74. The summed E-state index contributed by atoms with van der Waals surface area (Å²) in [6.07, 6.45) is 6.46. The summed E-state index contributed by atoms with van der Waals surface area (Å²) in [6.45, 7) is 8.60. The first-order chi connectivity index (χ1) is 22.6. The summed E-state index contributed by atoms with van der Waals surface area (Å²) >= 11 is 0. The molecule has 1 fully saturated rings. The zero-order valence-corrected chi connectivity index (χ0v) is 26.9. The number of carbonyl (C=O) groups is 2. The molecule has 3 aromatic heterocycles. The maximum absolute atomic E-state index is 14.1. The molecule has 244 valence electrons. The quantitative estimate of drug-likeness (QED) is 0.287. The highest BCUT2D eigenvalue weighted by atomic mass is 16.5. The van der Waals surface area contributed by atoms with E-state index in [0.29, 0.717) is 61.0 Å². The van der Waals surface area contributed by atoms with Gasteiger partial charge in [-0.25, -0.2) is 9.97 Å². The Balaban J connectivity index is 1.37. The van der Waals surface area contributed by atoms with Crippen LogP contribution in [0, 0.1) is 6.92 Å². The molecular formula is C34H37N7O6. The second kappa shape index (κ2) is 12.9. The summed E-state index contributed by atoms with van der Waals surface area (Å²) in [5, 5.41) is 14.3. The van der Waals surface area contributed by atoms with Crippen LogP contribution in [0.4, 0.5) is 0 Å². The van der Waals surface area contributed by atoms with Crippen molar-refractivity contribution in [2.45, 2.75) is 65.6 Å². The standard InChI is InChI=1S/C34H37N7O6/c1-5-26-25(31(44)41-33(39(26)18-27(42)43)37-30(38-41)24-11-13-46-14-12-24)15-23-16-34(3,4)40(17-23)32(45)28-29(21(2)35-20-36-28)47-19-22-9-7-6-8-10-22/h6-11,15,20H,5,12-14,16-19H2,1-4H3,(H,42,43)/b23-15+. The maximum Gasteiger partial charge on any atom is 0.323 e. The molecule has 47 heavy (non-hydrogen) atoms. The molecule has 2 aliphatic heterocycles. The number of aromatic nitrogens is 6. The van der Waals surface area contributed by atoms with Gasteiger partial charge in [-0.3, -0.25) is 14.4 Å². The van der Waals surface area contributed by atoms with Gasteiger partial charge in [0.25, 0.3) is 11.5 Å². The summed E-state index contributed by atoms with van der Waals surface area (Å²) in [6, 6.07) is 9.64. The Hall–Kier alpha value is -5.17. The van der Waals surface area contributed by atoms with E-state index in [1.165, 1.54) is 15.4 Å². The monoisotopic (exact) mass is 639 g/mol. The molecule has 0 bridgehead atoms. The minimum absolute atomic E-state index is 0.166. The van der Waals surface area contributed by atoms with E-state index >= 15 is 0 Å². The number of likely N-dealkylation sites (tertiary alicyclic amines) is 1. The summed E-state index contributed by atoms with van der Waals surface area (Å²) < 4.78 is 14.2. The van der Waals surface area contributed by atoms with Crippen LogP contribution >= 0.6 is 0 Å². The van der Waals surface area contributed by atoms with Crippen molar-refractivity contribution in [3.05, 3.63) is 92.7 Å². The minimum atomic E-state index is -1.07. The normalized spacial score (nSPS) is 16.9. The lowest BCUT2D eigenvalue weighted by Crippen LogP contribution is -2.43. The number of hydrogen-bond acceptors (Lipinski definition) is 9. The zero-order valence-electron chi connectivity index (χ0n) is 26.9. The van der Waals surface area contributed by atoms with Crippen LogP contribution in [0.15, 0.2) is 53.1 Å². The topological polar surface area (TPSA) is 154 Å². The number of aliphatic carboxylic acids is 1. The largest absolute Gasteiger partial charge is 0.485 e. The van der Waals surface area contributed by atoms with E-state index in [1.54, 1.807) is 17.9 Å². The summed E-state index contributed by atoms with van der Waals surface area (Å²) in [5.41, 5.74) is 3.18. The van der Waals surface area contributed by atoms with Crippen LogP contribution in [0.2, 0.25) is 0 Å². The van der Waals surface area contributed by atoms with Gasteiger partial charge in [0.2, 0.25) is 5.78 Å². The summed E-state index contributed by atoms with van der Waals surface area (Å²) in [4.78, 5) is 55.0. The van der Waals surface area contributed by atoms with Crippen LogP contribution in [0.5, 0.6) is 5.75 Å². The van der Waals surface area contributed by atoms with Crippen LogP contribution < -0.4 is 10.3 Å². The number of nitrogens with zero attached hydrogens (tertiary/aromatic N) is 7. The first kappa shape index (κ1) is 31.8. The van der Waals surface area contributed by atoms with Gasteiger partial charge in [0.15, 0.2) is 17.3 Å². The molecule has 4 aromatic rings. The Morgan fingerprint density at radius 1 is 1.17 bits per heavy atom. The third kappa shape index (κ3) is 6.30. The molecule has 1 amide bonds. The van der Waals surface area contributed by atoms with E-state index in [1.807, 2.05) is 57.2 Å².